The van der Waals surface area contributed by atoms with Gasteiger partial charge < -0.3 is 19.8 Å². The predicted octanol–water partition coefficient (Wildman–Crippen LogP) is 4.03. The number of fused-ring (bicyclic) bond motifs is 1. The molecule has 0 unspecified atom stereocenters. The van der Waals surface area contributed by atoms with E-state index in [0.717, 1.165) is 6.07 Å². The standard InChI is InChI=1S/C28H27F2N7O5/c1-27(2,3)41-26(39)35-25-19-9-7-17(12-21(19)42-36-25)15-33-24(38)13-20-18(14-31)8-10-23(37(20)40)34-16-28(29,30)22-6-4-5-11-32-22/h4-12,40H,13,15-16H2,1-3H3,(H,33,38)(H,35,36,39). The van der Waals surface area contributed by atoms with E-state index in [1.54, 1.807) is 39.0 Å². The molecule has 12 nitrogen and oxygen atoms in total. The van der Waals surface area contributed by atoms with Crippen LogP contribution in [0.2, 0.25) is 0 Å². The summed E-state index contributed by atoms with van der Waals surface area (Å²) >= 11 is 0. The topological polar surface area (TPSA) is 168 Å². The molecule has 0 bridgehead atoms. The fourth-order valence-electron chi connectivity index (χ4n) is 3.81. The molecule has 3 N–H and O–H groups in total. The Labute approximate surface area is 238 Å². The Morgan fingerprint density at radius 3 is 2.67 bits per heavy atom. The molecule has 0 atom stereocenters. The van der Waals surface area contributed by atoms with Gasteiger partial charge in [-0.2, -0.15) is 18.8 Å². The van der Waals surface area contributed by atoms with Crippen molar-refractivity contribution < 1.29 is 32.8 Å². The van der Waals surface area contributed by atoms with Crippen molar-refractivity contribution in [2.75, 3.05) is 11.9 Å². The second kappa shape index (κ2) is 12.0. The largest absolute Gasteiger partial charge is 0.444 e. The van der Waals surface area contributed by atoms with Crippen LogP contribution in [0, 0.1) is 11.3 Å². The second-order valence-corrected chi connectivity index (χ2v) is 10.2. The van der Waals surface area contributed by atoms with Crippen LogP contribution < -0.4 is 16.1 Å². The zero-order valence-corrected chi connectivity index (χ0v) is 22.9. The van der Waals surface area contributed by atoms with Gasteiger partial charge in [-0.25, -0.2) is 4.79 Å². The maximum Gasteiger partial charge on any atom is 0.413 e. The fourth-order valence-corrected chi connectivity index (χ4v) is 3.81. The van der Waals surface area contributed by atoms with Gasteiger partial charge in [0, 0.05) is 12.7 Å². The normalized spacial score (nSPS) is 12.1. The van der Waals surface area contributed by atoms with Gasteiger partial charge in [0.2, 0.25) is 5.91 Å². The molecule has 0 aliphatic carbocycles. The first kappa shape index (κ1) is 29.7. The van der Waals surface area contributed by atoms with Crippen molar-refractivity contribution in [2.24, 2.45) is 4.99 Å². The van der Waals surface area contributed by atoms with Crippen molar-refractivity contribution in [3.05, 3.63) is 82.7 Å². The Bertz CT molecular complexity index is 1720. The summed E-state index contributed by atoms with van der Waals surface area (Å²) in [5.74, 6) is -3.79. The van der Waals surface area contributed by atoms with Crippen molar-refractivity contribution in [3.63, 3.8) is 0 Å². The Balaban J connectivity index is 1.43. The van der Waals surface area contributed by atoms with E-state index in [4.69, 9.17) is 9.26 Å². The van der Waals surface area contributed by atoms with Gasteiger partial charge in [-0.05, 0) is 62.7 Å². The van der Waals surface area contributed by atoms with Crippen LogP contribution in [0.25, 0.3) is 11.0 Å². The number of hydrogen-bond acceptors (Lipinski definition) is 9. The van der Waals surface area contributed by atoms with Gasteiger partial charge >= 0.3 is 12.0 Å². The van der Waals surface area contributed by atoms with E-state index in [1.165, 1.54) is 30.5 Å². The number of nitrogens with one attached hydrogen (secondary N) is 2. The first-order chi connectivity index (χ1) is 19.9. The van der Waals surface area contributed by atoms with Crippen LogP contribution >= 0.6 is 0 Å². The first-order valence-electron chi connectivity index (χ1n) is 12.7. The fraction of sp³-hybridized carbons (Fsp3) is 0.286. The number of rotatable bonds is 8. The van der Waals surface area contributed by atoms with Crippen LogP contribution in [0.15, 0.2) is 64.2 Å². The molecule has 0 fully saturated rings. The number of halogens is 2. The summed E-state index contributed by atoms with van der Waals surface area (Å²) in [6.45, 7) is 4.23. The van der Waals surface area contributed by atoms with Crippen molar-refractivity contribution in [3.8, 4) is 6.07 Å². The Kier molecular flexibility index (Phi) is 8.51. The van der Waals surface area contributed by atoms with Gasteiger partial charge in [-0.3, -0.25) is 20.1 Å². The quantitative estimate of drug-likeness (QED) is 0.263. The van der Waals surface area contributed by atoms with Crippen molar-refractivity contribution in [1.82, 2.24) is 20.2 Å². The molecule has 0 radical (unpaired) electrons. The Morgan fingerprint density at radius 2 is 1.98 bits per heavy atom. The number of amides is 2. The molecule has 14 heteroatoms. The van der Waals surface area contributed by atoms with E-state index in [1.807, 2.05) is 6.07 Å². The van der Waals surface area contributed by atoms with Crippen LogP contribution in [-0.2, 0) is 28.4 Å². The lowest BCUT2D eigenvalue weighted by Crippen LogP contribution is -2.31. The number of nitrogens with zero attached hydrogens (tertiary/aromatic N) is 5. The number of carbonyl (C=O) groups excluding carboxylic acids is 2. The summed E-state index contributed by atoms with van der Waals surface area (Å²) in [5.41, 5.74) is -0.608. The molecule has 0 saturated heterocycles. The third kappa shape index (κ3) is 7.25. The molecule has 218 valence electrons. The maximum absolute atomic E-state index is 14.5. The number of hydrogen-bond donors (Lipinski definition) is 3. The van der Waals surface area contributed by atoms with Gasteiger partial charge in [0.25, 0.3) is 0 Å². The third-order valence-electron chi connectivity index (χ3n) is 5.76. The van der Waals surface area contributed by atoms with Gasteiger partial charge in [0.05, 0.1) is 23.1 Å². The summed E-state index contributed by atoms with van der Waals surface area (Å²) < 4.78 is 40.0. The van der Waals surface area contributed by atoms with Gasteiger partial charge in [-0.15, -0.1) is 0 Å². The summed E-state index contributed by atoms with van der Waals surface area (Å²) in [4.78, 5) is 32.2. The van der Waals surface area contributed by atoms with Crippen LogP contribution in [0.4, 0.5) is 19.4 Å². The lowest BCUT2D eigenvalue weighted by molar-refractivity contribution is -0.120. The Hall–Kier alpha value is -5.32. The molecule has 2 amide bonds. The highest BCUT2D eigenvalue weighted by molar-refractivity contribution is 5.96. The highest BCUT2D eigenvalue weighted by Crippen LogP contribution is 2.26. The lowest BCUT2D eigenvalue weighted by atomic mass is 10.1. The number of benzene rings is 1. The zero-order chi connectivity index (χ0) is 30.5. The Morgan fingerprint density at radius 1 is 1.19 bits per heavy atom. The first-order valence-corrected chi connectivity index (χ1v) is 12.7. The molecule has 42 heavy (non-hydrogen) atoms. The molecule has 3 aromatic heterocycles. The number of ether oxygens (including phenoxy) is 1. The monoisotopic (exact) mass is 579 g/mol. The van der Waals surface area contributed by atoms with E-state index in [0.29, 0.717) is 21.3 Å². The van der Waals surface area contributed by atoms with Gasteiger partial charge in [-0.1, -0.05) is 17.3 Å². The summed E-state index contributed by atoms with van der Waals surface area (Å²) in [7, 11) is 0. The number of nitriles is 1. The van der Waals surface area contributed by atoms with Gasteiger partial charge in [0.1, 0.15) is 23.9 Å². The predicted molar refractivity (Wildman–Crippen MR) is 144 cm³/mol. The number of aromatic nitrogens is 3. The average molecular weight is 580 g/mol. The molecule has 4 rings (SSSR count). The molecule has 4 aromatic rings. The van der Waals surface area contributed by atoms with Crippen LogP contribution in [0.1, 0.15) is 43.3 Å². The van der Waals surface area contributed by atoms with E-state index < -0.39 is 42.2 Å². The lowest BCUT2D eigenvalue weighted by Gasteiger charge is -2.19. The summed E-state index contributed by atoms with van der Waals surface area (Å²) in [6, 6.07) is 13.4. The number of alkyl halides is 2. The van der Waals surface area contributed by atoms with E-state index in [-0.39, 0.29) is 29.1 Å². The number of pyridine rings is 2. The van der Waals surface area contributed by atoms with E-state index >= 15 is 0 Å². The smallest absolute Gasteiger partial charge is 0.413 e. The third-order valence-corrected chi connectivity index (χ3v) is 5.76. The molecule has 0 spiro atoms. The molecule has 0 aliphatic rings. The molecular formula is C28H27F2N7O5. The SMILES string of the molecule is CC(C)(C)OC(=O)Nc1noc2cc(CNC(=O)Cc3c(C#N)ccc(=NCC(F)(F)c4ccccn4)n3O)ccc12. The minimum Gasteiger partial charge on any atom is -0.444 e. The minimum atomic E-state index is -3.41. The highest BCUT2D eigenvalue weighted by Gasteiger charge is 2.32. The molecule has 0 aliphatic heterocycles. The highest BCUT2D eigenvalue weighted by atomic mass is 19.3. The number of carbonyl (C=O) groups is 2. The van der Waals surface area contributed by atoms with E-state index in [9.17, 15) is 28.8 Å². The molecule has 0 saturated carbocycles. The maximum atomic E-state index is 14.5. The molecule has 1 aromatic carbocycles. The minimum absolute atomic E-state index is 0.0313. The van der Waals surface area contributed by atoms with Crippen molar-refractivity contribution in [1.29, 1.82) is 5.26 Å². The second-order valence-electron chi connectivity index (χ2n) is 10.2. The van der Waals surface area contributed by atoms with Crippen LogP contribution in [0.3, 0.4) is 0 Å². The summed E-state index contributed by atoms with van der Waals surface area (Å²) in [6.07, 6.45) is 0.109. The van der Waals surface area contributed by atoms with Crippen LogP contribution in [-0.4, -0.2) is 44.2 Å². The van der Waals surface area contributed by atoms with Crippen molar-refractivity contribution >= 4 is 28.8 Å². The van der Waals surface area contributed by atoms with Crippen molar-refractivity contribution in [2.45, 2.75) is 45.3 Å². The molecule has 3 heterocycles. The zero-order valence-electron chi connectivity index (χ0n) is 22.9. The molecular weight excluding hydrogens is 552 g/mol. The van der Waals surface area contributed by atoms with E-state index in [2.05, 4.69) is 25.8 Å². The van der Waals surface area contributed by atoms with Gasteiger partial charge in [0.15, 0.2) is 16.9 Å². The summed E-state index contributed by atoms with van der Waals surface area (Å²) in [5, 5.41) is 29.6. The number of anilines is 1. The van der Waals surface area contributed by atoms with Crippen LogP contribution in [0.5, 0.6) is 0 Å². The average Bonchev–Trinajstić information content (AvgIpc) is 3.33.